The largest absolute Gasteiger partial charge is 0.503 e. The quantitative estimate of drug-likeness (QED) is 0.911. The molecule has 5 nitrogen and oxygen atoms in total. The zero-order chi connectivity index (χ0) is 13.1. The normalized spacial score (nSPS) is 10.4. The molecule has 0 atom stereocenters. The van der Waals surface area contributed by atoms with Crippen LogP contribution < -0.4 is 10.1 Å². The molecule has 2 rings (SSSR count). The Morgan fingerprint density at radius 2 is 2.28 bits per heavy atom. The van der Waals surface area contributed by atoms with Gasteiger partial charge in [0, 0.05) is 19.8 Å². The van der Waals surface area contributed by atoms with E-state index in [0.29, 0.717) is 16.8 Å². The summed E-state index contributed by atoms with van der Waals surface area (Å²) in [5, 5.41) is 17.0. The first kappa shape index (κ1) is 12.8. The minimum atomic E-state index is 0.114. The van der Waals surface area contributed by atoms with E-state index in [9.17, 15) is 5.11 Å². The average molecular weight is 312 g/mol. The number of nitrogens with zero attached hydrogens (tertiary/aromatic N) is 2. The fourth-order valence-corrected chi connectivity index (χ4v) is 2.09. The standard InChI is InChI=1S/C12H14BrN3O2/c1-16-7-9(6-15-16)14-5-8-3-10(13)12(17)11(4-8)18-2/h3-4,6-7,14,17H,5H2,1-2H3. The van der Waals surface area contributed by atoms with Crippen LogP contribution in [0, 0.1) is 0 Å². The predicted octanol–water partition coefficient (Wildman–Crippen LogP) is 2.51. The van der Waals surface area contributed by atoms with Crippen LogP contribution in [0.4, 0.5) is 5.69 Å². The fourth-order valence-electron chi connectivity index (χ4n) is 1.60. The van der Waals surface area contributed by atoms with Crippen molar-refractivity contribution in [3.63, 3.8) is 0 Å². The van der Waals surface area contributed by atoms with Crippen molar-refractivity contribution in [1.82, 2.24) is 9.78 Å². The van der Waals surface area contributed by atoms with E-state index in [1.165, 1.54) is 7.11 Å². The summed E-state index contributed by atoms with van der Waals surface area (Å²) < 4.78 is 7.45. The number of rotatable bonds is 4. The van der Waals surface area contributed by atoms with Gasteiger partial charge in [0.25, 0.3) is 0 Å². The number of halogens is 1. The molecule has 18 heavy (non-hydrogen) atoms. The Balaban J connectivity index is 2.12. The molecule has 2 N–H and O–H groups in total. The van der Waals surface area contributed by atoms with Crippen molar-refractivity contribution in [2.24, 2.45) is 7.05 Å². The van der Waals surface area contributed by atoms with Crippen LogP contribution in [-0.2, 0) is 13.6 Å². The van der Waals surface area contributed by atoms with Crippen LogP contribution >= 0.6 is 15.9 Å². The maximum absolute atomic E-state index is 9.70. The van der Waals surface area contributed by atoms with E-state index in [1.54, 1.807) is 16.9 Å². The molecular weight excluding hydrogens is 298 g/mol. The molecular formula is C12H14BrN3O2. The number of phenolic OH excluding ortho intramolecular Hbond substituents is 1. The second-order valence-electron chi connectivity index (χ2n) is 3.88. The molecule has 0 saturated heterocycles. The number of anilines is 1. The van der Waals surface area contributed by atoms with E-state index in [2.05, 4.69) is 26.3 Å². The summed E-state index contributed by atoms with van der Waals surface area (Å²) in [4.78, 5) is 0. The molecule has 0 bridgehead atoms. The third-order valence-electron chi connectivity index (χ3n) is 2.51. The highest BCUT2D eigenvalue weighted by atomic mass is 79.9. The number of aryl methyl sites for hydroxylation is 1. The Hall–Kier alpha value is -1.69. The number of nitrogens with one attached hydrogen (secondary N) is 1. The van der Waals surface area contributed by atoms with Crippen molar-refractivity contribution in [2.75, 3.05) is 12.4 Å². The summed E-state index contributed by atoms with van der Waals surface area (Å²) in [6.07, 6.45) is 3.65. The molecule has 1 aromatic carbocycles. The van der Waals surface area contributed by atoms with Gasteiger partial charge < -0.3 is 15.2 Å². The zero-order valence-corrected chi connectivity index (χ0v) is 11.7. The van der Waals surface area contributed by atoms with Crippen LogP contribution in [0.3, 0.4) is 0 Å². The number of phenols is 1. The molecule has 0 unspecified atom stereocenters. The summed E-state index contributed by atoms with van der Waals surface area (Å²) in [5.74, 6) is 0.565. The Morgan fingerprint density at radius 1 is 1.50 bits per heavy atom. The van der Waals surface area contributed by atoms with Gasteiger partial charge in [0.15, 0.2) is 11.5 Å². The fraction of sp³-hybridized carbons (Fsp3) is 0.250. The number of hydrogen-bond donors (Lipinski definition) is 2. The number of methoxy groups -OCH3 is 1. The van der Waals surface area contributed by atoms with Crippen LogP contribution in [0.2, 0.25) is 0 Å². The van der Waals surface area contributed by atoms with Crippen molar-refractivity contribution < 1.29 is 9.84 Å². The first-order valence-corrected chi connectivity index (χ1v) is 6.17. The molecule has 0 radical (unpaired) electrons. The second-order valence-corrected chi connectivity index (χ2v) is 4.74. The van der Waals surface area contributed by atoms with Crippen molar-refractivity contribution in [3.05, 3.63) is 34.6 Å². The van der Waals surface area contributed by atoms with Crippen LogP contribution in [0.25, 0.3) is 0 Å². The maximum Gasteiger partial charge on any atom is 0.172 e. The number of hydrogen-bond acceptors (Lipinski definition) is 4. The molecule has 0 aliphatic carbocycles. The van der Waals surface area contributed by atoms with Gasteiger partial charge in [-0.3, -0.25) is 4.68 Å². The molecule has 0 aliphatic heterocycles. The van der Waals surface area contributed by atoms with E-state index in [4.69, 9.17) is 4.74 Å². The van der Waals surface area contributed by atoms with Gasteiger partial charge in [0.05, 0.1) is 23.5 Å². The lowest BCUT2D eigenvalue weighted by Crippen LogP contribution is -1.99. The highest BCUT2D eigenvalue weighted by Gasteiger charge is 2.08. The van der Waals surface area contributed by atoms with Crippen molar-refractivity contribution in [2.45, 2.75) is 6.54 Å². The summed E-state index contributed by atoms with van der Waals surface area (Å²) in [6, 6.07) is 3.64. The van der Waals surface area contributed by atoms with Crippen molar-refractivity contribution >= 4 is 21.6 Å². The van der Waals surface area contributed by atoms with Crippen LogP contribution in [0.15, 0.2) is 29.0 Å². The second kappa shape index (κ2) is 5.30. The Morgan fingerprint density at radius 3 is 2.89 bits per heavy atom. The highest BCUT2D eigenvalue weighted by molar-refractivity contribution is 9.10. The molecule has 1 aromatic heterocycles. The molecule has 2 aromatic rings. The Labute approximate surface area is 114 Å². The minimum absolute atomic E-state index is 0.114. The summed E-state index contributed by atoms with van der Waals surface area (Å²) in [5.41, 5.74) is 1.95. The molecule has 96 valence electrons. The Bertz CT molecular complexity index is 554. The monoisotopic (exact) mass is 311 g/mol. The molecule has 0 aliphatic rings. The van der Waals surface area contributed by atoms with Gasteiger partial charge in [-0.1, -0.05) is 0 Å². The molecule has 6 heteroatoms. The predicted molar refractivity (Wildman–Crippen MR) is 72.9 cm³/mol. The lowest BCUT2D eigenvalue weighted by atomic mass is 10.2. The summed E-state index contributed by atoms with van der Waals surface area (Å²) in [7, 11) is 3.39. The van der Waals surface area contributed by atoms with E-state index < -0.39 is 0 Å². The maximum atomic E-state index is 9.70. The number of aromatic nitrogens is 2. The molecule has 0 fully saturated rings. The Kier molecular flexibility index (Phi) is 3.76. The van der Waals surface area contributed by atoms with Gasteiger partial charge in [-0.25, -0.2) is 0 Å². The smallest absolute Gasteiger partial charge is 0.172 e. The number of aromatic hydroxyl groups is 1. The number of ether oxygens (including phenoxy) is 1. The average Bonchev–Trinajstić information content (AvgIpc) is 2.76. The van der Waals surface area contributed by atoms with E-state index >= 15 is 0 Å². The SMILES string of the molecule is COc1cc(CNc2cnn(C)c2)cc(Br)c1O. The minimum Gasteiger partial charge on any atom is -0.503 e. The third-order valence-corrected chi connectivity index (χ3v) is 3.11. The lowest BCUT2D eigenvalue weighted by molar-refractivity contribution is 0.371. The van der Waals surface area contributed by atoms with Gasteiger partial charge >= 0.3 is 0 Å². The van der Waals surface area contributed by atoms with Gasteiger partial charge in [0.1, 0.15) is 0 Å². The lowest BCUT2D eigenvalue weighted by Gasteiger charge is -2.09. The topological polar surface area (TPSA) is 59.3 Å². The summed E-state index contributed by atoms with van der Waals surface area (Å²) in [6.45, 7) is 0.626. The van der Waals surface area contributed by atoms with Gasteiger partial charge in [-0.05, 0) is 33.6 Å². The third kappa shape index (κ3) is 2.76. The van der Waals surface area contributed by atoms with Gasteiger partial charge in [0.2, 0.25) is 0 Å². The summed E-state index contributed by atoms with van der Waals surface area (Å²) >= 11 is 3.29. The molecule has 1 heterocycles. The van der Waals surface area contributed by atoms with Gasteiger partial charge in [-0.2, -0.15) is 5.10 Å². The van der Waals surface area contributed by atoms with Crippen LogP contribution in [-0.4, -0.2) is 22.0 Å². The van der Waals surface area contributed by atoms with E-state index in [0.717, 1.165) is 11.3 Å². The van der Waals surface area contributed by atoms with E-state index in [-0.39, 0.29) is 5.75 Å². The zero-order valence-electron chi connectivity index (χ0n) is 10.1. The van der Waals surface area contributed by atoms with Crippen molar-refractivity contribution in [3.8, 4) is 11.5 Å². The first-order valence-electron chi connectivity index (χ1n) is 5.38. The highest BCUT2D eigenvalue weighted by Crippen LogP contribution is 2.35. The molecule has 0 amide bonds. The number of benzene rings is 1. The van der Waals surface area contributed by atoms with Gasteiger partial charge in [-0.15, -0.1) is 0 Å². The van der Waals surface area contributed by atoms with Crippen molar-refractivity contribution in [1.29, 1.82) is 0 Å². The molecule has 0 saturated carbocycles. The molecule has 0 spiro atoms. The van der Waals surface area contributed by atoms with E-state index in [1.807, 2.05) is 19.3 Å². The van der Waals surface area contributed by atoms with Crippen LogP contribution in [0.1, 0.15) is 5.56 Å². The first-order chi connectivity index (χ1) is 8.60. The van der Waals surface area contributed by atoms with Crippen LogP contribution in [0.5, 0.6) is 11.5 Å².